The van der Waals surface area contributed by atoms with Gasteiger partial charge in [-0.25, -0.2) is 4.79 Å². The minimum Gasteiger partial charge on any atom is -0.351 e. The van der Waals surface area contributed by atoms with E-state index in [1.807, 2.05) is 11.8 Å². The molecule has 3 amide bonds. The van der Waals surface area contributed by atoms with Crippen LogP contribution in [0.5, 0.6) is 0 Å². The molecule has 0 spiro atoms. The van der Waals surface area contributed by atoms with Gasteiger partial charge in [-0.1, -0.05) is 6.92 Å². The Hall–Kier alpha value is -1.14. The molecule has 0 rings (SSSR count). The highest BCUT2D eigenvalue weighted by Crippen LogP contribution is 1.99. The van der Waals surface area contributed by atoms with Crippen LogP contribution in [0.3, 0.4) is 0 Å². The first-order valence-electron chi connectivity index (χ1n) is 5.07. The van der Waals surface area contributed by atoms with Crippen molar-refractivity contribution < 1.29 is 9.59 Å². The summed E-state index contributed by atoms with van der Waals surface area (Å²) in [6, 6.07) is -1.21. The molecule has 0 aromatic heterocycles. The zero-order valence-electron chi connectivity index (χ0n) is 9.32. The van der Waals surface area contributed by atoms with Gasteiger partial charge in [0.25, 0.3) is 0 Å². The van der Waals surface area contributed by atoms with Crippen LogP contribution in [0.2, 0.25) is 0 Å². The SMILES string of the molecule is CCCN(CCN)C(C)C(=O)NC(N)=O. The fourth-order valence-electron chi connectivity index (χ4n) is 1.34. The molecule has 0 heterocycles. The van der Waals surface area contributed by atoms with Crippen molar-refractivity contribution in [2.75, 3.05) is 19.6 Å². The van der Waals surface area contributed by atoms with Crippen LogP contribution < -0.4 is 16.8 Å². The fraction of sp³-hybridized carbons (Fsp3) is 0.778. The lowest BCUT2D eigenvalue weighted by Gasteiger charge is -2.26. The molecule has 0 aliphatic heterocycles. The van der Waals surface area contributed by atoms with Crippen molar-refractivity contribution in [2.24, 2.45) is 11.5 Å². The van der Waals surface area contributed by atoms with Gasteiger partial charge in [0.15, 0.2) is 0 Å². The third-order valence-electron chi connectivity index (χ3n) is 2.10. The molecule has 1 atom stereocenters. The third-order valence-corrected chi connectivity index (χ3v) is 2.10. The van der Waals surface area contributed by atoms with Gasteiger partial charge in [-0.3, -0.25) is 15.0 Å². The zero-order valence-corrected chi connectivity index (χ0v) is 9.32. The van der Waals surface area contributed by atoms with E-state index in [1.165, 1.54) is 0 Å². The van der Waals surface area contributed by atoms with Crippen LogP contribution in [-0.2, 0) is 4.79 Å². The standard InChI is InChI=1S/C9H20N4O2/c1-3-5-13(6-4-10)7(2)8(14)12-9(11)15/h7H,3-6,10H2,1-2H3,(H3,11,12,14,15). The van der Waals surface area contributed by atoms with Crippen molar-refractivity contribution in [1.82, 2.24) is 10.2 Å². The zero-order chi connectivity index (χ0) is 11.8. The number of hydrogen-bond donors (Lipinski definition) is 3. The van der Waals surface area contributed by atoms with Crippen LogP contribution in [0.1, 0.15) is 20.3 Å². The van der Waals surface area contributed by atoms with E-state index in [2.05, 4.69) is 5.32 Å². The van der Waals surface area contributed by atoms with Crippen molar-refractivity contribution in [1.29, 1.82) is 0 Å². The molecule has 0 saturated heterocycles. The highest BCUT2D eigenvalue weighted by molar-refractivity contribution is 5.96. The van der Waals surface area contributed by atoms with Crippen LogP contribution in [-0.4, -0.2) is 42.5 Å². The Morgan fingerprint density at radius 1 is 1.40 bits per heavy atom. The lowest BCUT2D eigenvalue weighted by atomic mass is 10.2. The van der Waals surface area contributed by atoms with Crippen LogP contribution in [0.4, 0.5) is 4.79 Å². The highest BCUT2D eigenvalue weighted by Gasteiger charge is 2.20. The summed E-state index contributed by atoms with van der Waals surface area (Å²) in [6.45, 7) is 5.62. The molecule has 0 bridgehead atoms. The maximum absolute atomic E-state index is 11.5. The minimum atomic E-state index is -0.823. The molecule has 6 nitrogen and oxygen atoms in total. The molecule has 1 unspecified atom stereocenters. The van der Waals surface area contributed by atoms with Crippen molar-refractivity contribution >= 4 is 11.9 Å². The van der Waals surface area contributed by atoms with E-state index in [1.54, 1.807) is 6.92 Å². The average Bonchev–Trinajstić information content (AvgIpc) is 2.15. The molecule has 88 valence electrons. The van der Waals surface area contributed by atoms with Gasteiger partial charge in [0.1, 0.15) is 0 Å². The second-order valence-corrected chi connectivity index (χ2v) is 3.35. The molecule has 0 aromatic carbocycles. The summed E-state index contributed by atoms with van der Waals surface area (Å²) in [4.78, 5) is 23.9. The van der Waals surface area contributed by atoms with Crippen LogP contribution in [0.15, 0.2) is 0 Å². The van der Waals surface area contributed by atoms with Gasteiger partial charge in [0, 0.05) is 13.1 Å². The lowest BCUT2D eigenvalue weighted by Crippen LogP contribution is -2.49. The Morgan fingerprint density at radius 2 is 2.00 bits per heavy atom. The maximum Gasteiger partial charge on any atom is 0.318 e. The molecule has 0 radical (unpaired) electrons. The second kappa shape index (κ2) is 7.19. The average molecular weight is 216 g/mol. The Labute approximate surface area is 90.0 Å². The van der Waals surface area contributed by atoms with E-state index in [4.69, 9.17) is 11.5 Å². The molecule has 0 aliphatic rings. The van der Waals surface area contributed by atoms with Gasteiger partial charge in [-0.15, -0.1) is 0 Å². The monoisotopic (exact) mass is 216 g/mol. The Morgan fingerprint density at radius 3 is 2.40 bits per heavy atom. The van der Waals surface area contributed by atoms with E-state index < -0.39 is 6.03 Å². The first-order chi connectivity index (χ1) is 7.02. The lowest BCUT2D eigenvalue weighted by molar-refractivity contribution is -0.124. The van der Waals surface area contributed by atoms with E-state index in [0.29, 0.717) is 13.1 Å². The van der Waals surface area contributed by atoms with Gasteiger partial charge < -0.3 is 11.5 Å². The minimum absolute atomic E-state index is 0.385. The topological polar surface area (TPSA) is 101 Å². The molecular formula is C9H20N4O2. The molecule has 0 fully saturated rings. The molecule has 0 aromatic rings. The first kappa shape index (κ1) is 13.9. The van der Waals surface area contributed by atoms with Gasteiger partial charge in [-0.05, 0) is 19.9 Å². The highest BCUT2D eigenvalue weighted by atomic mass is 16.2. The molecule has 15 heavy (non-hydrogen) atoms. The normalized spacial score (nSPS) is 12.5. The first-order valence-corrected chi connectivity index (χ1v) is 5.07. The number of amides is 3. The van der Waals surface area contributed by atoms with Crippen LogP contribution in [0, 0.1) is 0 Å². The largest absolute Gasteiger partial charge is 0.351 e. The van der Waals surface area contributed by atoms with E-state index in [0.717, 1.165) is 13.0 Å². The Bertz CT molecular complexity index is 214. The van der Waals surface area contributed by atoms with Gasteiger partial charge in [0.2, 0.25) is 5.91 Å². The number of nitrogens with two attached hydrogens (primary N) is 2. The number of carbonyl (C=O) groups excluding carboxylic acids is 2. The Balaban J connectivity index is 4.26. The van der Waals surface area contributed by atoms with Gasteiger partial charge >= 0.3 is 6.03 Å². The van der Waals surface area contributed by atoms with Crippen molar-refractivity contribution in [3.63, 3.8) is 0 Å². The quantitative estimate of drug-likeness (QED) is 0.543. The summed E-state index contributed by atoms with van der Waals surface area (Å²) in [5.41, 5.74) is 10.3. The third kappa shape index (κ3) is 5.34. The summed E-state index contributed by atoms with van der Waals surface area (Å²) in [5, 5.41) is 2.06. The van der Waals surface area contributed by atoms with E-state index >= 15 is 0 Å². The molecule has 0 saturated carbocycles. The number of carbonyl (C=O) groups is 2. The molecule has 6 heteroatoms. The summed E-state index contributed by atoms with van der Waals surface area (Å²) < 4.78 is 0. The van der Waals surface area contributed by atoms with Gasteiger partial charge in [-0.2, -0.15) is 0 Å². The number of rotatable bonds is 6. The number of imide groups is 1. The second-order valence-electron chi connectivity index (χ2n) is 3.35. The molecule has 0 aliphatic carbocycles. The van der Waals surface area contributed by atoms with Crippen molar-refractivity contribution in [3.8, 4) is 0 Å². The predicted octanol–water partition coefficient (Wildman–Crippen LogP) is -0.759. The van der Waals surface area contributed by atoms with E-state index in [-0.39, 0.29) is 11.9 Å². The number of nitrogens with zero attached hydrogens (tertiary/aromatic N) is 1. The number of hydrogen-bond acceptors (Lipinski definition) is 4. The van der Waals surface area contributed by atoms with Crippen molar-refractivity contribution in [3.05, 3.63) is 0 Å². The maximum atomic E-state index is 11.5. The van der Waals surface area contributed by atoms with Crippen LogP contribution in [0.25, 0.3) is 0 Å². The van der Waals surface area contributed by atoms with Crippen LogP contribution >= 0.6 is 0 Å². The molecular weight excluding hydrogens is 196 g/mol. The Kier molecular flexibility index (Phi) is 6.64. The number of primary amides is 1. The fourth-order valence-corrected chi connectivity index (χ4v) is 1.34. The predicted molar refractivity (Wildman–Crippen MR) is 58.1 cm³/mol. The smallest absolute Gasteiger partial charge is 0.318 e. The summed E-state index contributed by atoms with van der Waals surface area (Å²) in [5.74, 6) is -0.385. The van der Waals surface area contributed by atoms with Crippen molar-refractivity contribution in [2.45, 2.75) is 26.3 Å². The van der Waals surface area contributed by atoms with E-state index in [9.17, 15) is 9.59 Å². The molecule has 5 N–H and O–H groups in total. The summed E-state index contributed by atoms with van der Waals surface area (Å²) in [6.07, 6.45) is 0.925. The number of urea groups is 1. The summed E-state index contributed by atoms with van der Waals surface area (Å²) in [7, 11) is 0. The van der Waals surface area contributed by atoms with Gasteiger partial charge in [0.05, 0.1) is 6.04 Å². The number of nitrogens with one attached hydrogen (secondary N) is 1. The summed E-state index contributed by atoms with van der Waals surface area (Å²) >= 11 is 0.